The van der Waals surface area contributed by atoms with E-state index < -0.39 is 53.7 Å². The Hall–Kier alpha value is -5.48. The molecule has 4 amide bonds. The van der Waals surface area contributed by atoms with Gasteiger partial charge in [-0.15, -0.1) is 0 Å². The molecule has 0 bridgehead atoms. The Labute approximate surface area is 280 Å². The molecule has 5 rings (SSSR count). The minimum Gasteiger partial charge on any atom is -0.508 e. The number of phenols is 1. The molecule has 5 atom stereocenters. The van der Waals surface area contributed by atoms with Crippen LogP contribution in [0.3, 0.4) is 0 Å². The zero-order valence-electron chi connectivity index (χ0n) is 26.8. The zero-order valence-corrected chi connectivity index (χ0v) is 26.8. The van der Waals surface area contributed by atoms with E-state index >= 15 is 0 Å². The summed E-state index contributed by atoms with van der Waals surface area (Å²) < 4.78 is 0. The third-order valence-electron chi connectivity index (χ3n) is 8.89. The summed E-state index contributed by atoms with van der Waals surface area (Å²) in [6.45, 7) is 1.98. The molecular weight excluding hydrogens is 606 g/mol. The summed E-state index contributed by atoms with van der Waals surface area (Å²) in [5.74, 6) is -2.53. The average Bonchev–Trinajstić information content (AvgIpc) is 3.10. The number of nitrogens with zero attached hydrogens (tertiary/aromatic N) is 1. The Bertz CT molecular complexity index is 1730. The van der Waals surface area contributed by atoms with Crippen LogP contribution in [0.5, 0.6) is 5.75 Å². The van der Waals surface area contributed by atoms with Gasteiger partial charge in [-0.3, -0.25) is 19.2 Å². The summed E-state index contributed by atoms with van der Waals surface area (Å²) in [7, 11) is 0. The zero-order chi connectivity index (χ0) is 34.2. The fourth-order valence-corrected chi connectivity index (χ4v) is 6.15. The maximum Gasteiger partial charge on any atom is 0.243 e. The molecule has 4 aromatic carbocycles. The van der Waals surface area contributed by atoms with E-state index in [2.05, 4.69) is 10.6 Å². The minimum atomic E-state index is -1.08. The van der Waals surface area contributed by atoms with Gasteiger partial charge in [0.15, 0.2) is 0 Å². The molecule has 1 heterocycles. The summed E-state index contributed by atoms with van der Waals surface area (Å²) in [5, 5.41) is 15.3. The SMILES string of the molecule is C[C@H](c1ccccc1)[C@@H](NC(=O)[C@H](Cc1ccccc1)NC(=O)[C@@H]1Cc2ccccc2CN1C(=O)[C@@H](N)Cc1ccc(O)cc1)C(N)=O. The van der Waals surface area contributed by atoms with E-state index in [1.165, 1.54) is 17.0 Å². The van der Waals surface area contributed by atoms with Crippen molar-refractivity contribution < 1.29 is 24.3 Å². The van der Waals surface area contributed by atoms with E-state index in [0.717, 1.165) is 27.8 Å². The number of phenolic OH excluding ortho intramolecular Hbond substituents is 1. The number of carbonyl (C=O) groups excluding carboxylic acids is 4. The molecule has 0 saturated carbocycles. The van der Waals surface area contributed by atoms with Gasteiger partial charge in [-0.2, -0.15) is 0 Å². The fraction of sp³-hybridized carbons (Fsp3) is 0.263. The predicted molar refractivity (Wildman–Crippen MR) is 182 cm³/mol. The van der Waals surface area contributed by atoms with E-state index in [0.29, 0.717) is 0 Å². The van der Waals surface area contributed by atoms with Crippen LogP contribution in [0.2, 0.25) is 0 Å². The van der Waals surface area contributed by atoms with Crippen molar-refractivity contribution in [3.8, 4) is 5.75 Å². The second-order valence-corrected chi connectivity index (χ2v) is 12.3. The van der Waals surface area contributed by atoms with Gasteiger partial charge in [-0.25, -0.2) is 0 Å². The van der Waals surface area contributed by atoms with Gasteiger partial charge in [-0.05, 0) is 46.4 Å². The number of hydrogen-bond acceptors (Lipinski definition) is 6. The van der Waals surface area contributed by atoms with Crippen molar-refractivity contribution in [1.82, 2.24) is 15.5 Å². The molecule has 0 fully saturated rings. The third kappa shape index (κ3) is 8.26. The predicted octanol–water partition coefficient (Wildman–Crippen LogP) is 2.72. The Balaban J connectivity index is 1.40. The van der Waals surface area contributed by atoms with E-state index in [9.17, 15) is 24.3 Å². The number of nitrogens with two attached hydrogens (primary N) is 2. The highest BCUT2D eigenvalue weighted by molar-refractivity contribution is 5.95. The lowest BCUT2D eigenvalue weighted by atomic mass is 9.91. The van der Waals surface area contributed by atoms with Gasteiger partial charge in [0.25, 0.3) is 0 Å². The van der Waals surface area contributed by atoms with Crippen LogP contribution in [0.25, 0.3) is 0 Å². The van der Waals surface area contributed by atoms with Crippen LogP contribution in [0.15, 0.2) is 109 Å². The van der Waals surface area contributed by atoms with E-state index in [1.807, 2.05) is 84.9 Å². The molecule has 48 heavy (non-hydrogen) atoms. The van der Waals surface area contributed by atoms with Crippen LogP contribution in [0.1, 0.15) is 40.7 Å². The Kier molecular flexibility index (Phi) is 10.9. The first-order chi connectivity index (χ1) is 23.1. The van der Waals surface area contributed by atoms with Crippen LogP contribution in [-0.2, 0) is 45.0 Å². The van der Waals surface area contributed by atoms with Crippen LogP contribution < -0.4 is 22.1 Å². The van der Waals surface area contributed by atoms with Crippen molar-refractivity contribution in [1.29, 1.82) is 0 Å². The number of aromatic hydroxyl groups is 1. The highest BCUT2D eigenvalue weighted by Crippen LogP contribution is 2.25. The summed E-state index contributed by atoms with van der Waals surface area (Å²) in [5.41, 5.74) is 16.4. The molecule has 0 radical (unpaired) electrons. The lowest BCUT2D eigenvalue weighted by molar-refractivity contribution is -0.143. The third-order valence-corrected chi connectivity index (χ3v) is 8.89. The first kappa shape index (κ1) is 33.9. The van der Waals surface area contributed by atoms with Gasteiger partial charge in [0.2, 0.25) is 23.6 Å². The van der Waals surface area contributed by atoms with Crippen LogP contribution >= 0.6 is 0 Å². The van der Waals surface area contributed by atoms with Gasteiger partial charge in [-0.1, -0.05) is 104 Å². The second kappa shape index (κ2) is 15.4. The first-order valence-electron chi connectivity index (χ1n) is 16.0. The van der Waals surface area contributed by atoms with E-state index in [4.69, 9.17) is 11.5 Å². The Morgan fingerprint density at radius 3 is 2.02 bits per heavy atom. The molecule has 1 aliphatic heterocycles. The maximum absolute atomic E-state index is 14.2. The average molecular weight is 648 g/mol. The number of carbonyl (C=O) groups is 4. The number of primary amides is 1. The first-order valence-corrected chi connectivity index (χ1v) is 16.0. The van der Waals surface area contributed by atoms with E-state index in [1.54, 1.807) is 19.1 Å². The lowest BCUT2D eigenvalue weighted by Crippen LogP contribution is -2.60. The number of amides is 4. The molecule has 0 spiro atoms. The molecule has 248 valence electrons. The highest BCUT2D eigenvalue weighted by atomic mass is 16.3. The van der Waals surface area contributed by atoms with Gasteiger partial charge < -0.3 is 32.1 Å². The molecule has 10 nitrogen and oxygen atoms in total. The van der Waals surface area contributed by atoms with Gasteiger partial charge >= 0.3 is 0 Å². The topological polar surface area (TPSA) is 168 Å². The van der Waals surface area contributed by atoms with Crippen LogP contribution in [0.4, 0.5) is 0 Å². The molecule has 10 heteroatoms. The van der Waals surface area contributed by atoms with Crippen molar-refractivity contribution >= 4 is 23.6 Å². The largest absolute Gasteiger partial charge is 0.508 e. The summed E-state index contributed by atoms with van der Waals surface area (Å²) in [4.78, 5) is 56.0. The quantitative estimate of drug-likeness (QED) is 0.159. The molecule has 0 aliphatic carbocycles. The monoisotopic (exact) mass is 647 g/mol. The van der Waals surface area contributed by atoms with E-state index in [-0.39, 0.29) is 31.6 Å². The van der Waals surface area contributed by atoms with Crippen molar-refractivity contribution in [3.63, 3.8) is 0 Å². The number of benzene rings is 4. The van der Waals surface area contributed by atoms with Crippen molar-refractivity contribution in [3.05, 3.63) is 137 Å². The smallest absolute Gasteiger partial charge is 0.243 e. The number of hydrogen-bond donors (Lipinski definition) is 5. The van der Waals surface area contributed by atoms with Gasteiger partial charge in [0.1, 0.15) is 23.9 Å². The summed E-state index contributed by atoms with van der Waals surface area (Å²) in [6.07, 6.45) is 0.578. The van der Waals surface area contributed by atoms with Gasteiger partial charge in [0.05, 0.1) is 6.04 Å². The fourth-order valence-electron chi connectivity index (χ4n) is 6.15. The Morgan fingerprint density at radius 2 is 1.38 bits per heavy atom. The van der Waals surface area contributed by atoms with Crippen molar-refractivity contribution in [2.45, 2.75) is 62.8 Å². The normalized spacial score (nSPS) is 16.5. The Morgan fingerprint density at radius 1 is 0.792 bits per heavy atom. The van der Waals surface area contributed by atoms with Crippen molar-refractivity contribution in [2.75, 3.05) is 0 Å². The summed E-state index contributed by atoms with van der Waals surface area (Å²) in [6, 6.07) is 28.5. The molecular formula is C38H41N5O5. The number of nitrogens with one attached hydrogen (secondary N) is 2. The lowest BCUT2D eigenvalue weighted by Gasteiger charge is -2.38. The van der Waals surface area contributed by atoms with Crippen LogP contribution in [0, 0.1) is 0 Å². The van der Waals surface area contributed by atoms with Gasteiger partial charge in [0, 0.05) is 25.3 Å². The standard InChI is InChI=1S/C38H41N5O5/c1-24(27-12-6-3-7-13-27)34(35(40)45)42-36(46)32(21-25-10-4-2-5-11-25)41-37(47)33-22-28-14-8-9-15-29(28)23-43(33)38(48)31(39)20-26-16-18-30(44)19-17-26/h2-19,24,31-34,44H,20-23,39H2,1H3,(H2,40,45)(H,41,47)(H,42,46)/t24-,31+,32+,33+,34-/m1/s1. The highest BCUT2D eigenvalue weighted by Gasteiger charge is 2.38. The minimum absolute atomic E-state index is 0.105. The molecule has 0 unspecified atom stereocenters. The molecule has 7 N–H and O–H groups in total. The molecule has 0 saturated heterocycles. The second-order valence-electron chi connectivity index (χ2n) is 12.3. The molecule has 0 aromatic heterocycles. The maximum atomic E-state index is 14.2. The molecule has 4 aromatic rings. The van der Waals surface area contributed by atoms with Crippen molar-refractivity contribution in [2.24, 2.45) is 11.5 Å². The summed E-state index contributed by atoms with van der Waals surface area (Å²) >= 11 is 0. The molecule has 1 aliphatic rings. The number of rotatable bonds is 12. The number of fused-ring (bicyclic) bond motifs is 1. The van der Waals surface area contributed by atoms with Crippen LogP contribution in [-0.4, -0.2) is 57.8 Å².